The molecule has 0 radical (unpaired) electrons. The highest BCUT2D eigenvalue weighted by atomic mass is 35.5. The Morgan fingerprint density at radius 3 is 0.212 bits per heavy atom. The second-order valence-electron chi connectivity index (χ2n) is 0.278. The van der Waals surface area contributed by atoms with Crippen molar-refractivity contribution in [1.82, 2.24) is 0 Å². The summed E-state index contributed by atoms with van der Waals surface area (Å²) in [6, 6.07) is 0. The van der Waals surface area contributed by atoms with E-state index in [1.165, 1.54) is 0 Å². The van der Waals surface area contributed by atoms with Gasteiger partial charge in [-0.25, -0.2) is 0 Å². The van der Waals surface area contributed by atoms with Gasteiger partial charge in [-0.2, -0.15) is 0 Å². The predicted octanol–water partition coefficient (Wildman–Crippen LogP) is -23.2. The van der Waals surface area contributed by atoms with Gasteiger partial charge in [-0.3, -0.25) is 0 Å². The summed E-state index contributed by atoms with van der Waals surface area (Å²) < 4.78 is 0. The molecule has 0 atom stereocenters. The summed E-state index contributed by atoms with van der Waals surface area (Å²) in [6.07, 6.45) is 0. The van der Waals surface area contributed by atoms with Gasteiger partial charge in [-0.05, 0) is 0 Å². The number of halogens is 2. The van der Waals surface area contributed by atoms with Crippen molar-refractivity contribution in [3.05, 3.63) is 0 Å². The van der Waals surface area contributed by atoms with E-state index in [0.717, 1.165) is 0 Å². The lowest BCUT2D eigenvalue weighted by Gasteiger charge is -1.73. The Kier molecular flexibility index (Phi) is 872000. The maximum atomic E-state index is 7.59. The molecule has 59 N–H and O–H groups in total. The Bertz CT molecular complexity index is 22.0. The van der Waals surface area contributed by atoms with E-state index in [1.54, 1.807) is 0 Å². The van der Waals surface area contributed by atoms with Crippen molar-refractivity contribution in [3.8, 4) is 0 Å². The number of aliphatic hydroxyl groups is 1. The van der Waals surface area contributed by atoms with Crippen LogP contribution in [0.15, 0.2) is 0 Å². The Morgan fingerprint density at radius 1 is 0.212 bits per heavy atom. The minimum atomic E-state index is -1.22. The molecule has 33 heavy (non-hydrogen) atoms. The lowest BCUT2D eigenvalue weighted by atomic mass is 11.7. The van der Waals surface area contributed by atoms with Crippen LogP contribution < -0.4 is 0 Å². The van der Waals surface area contributed by atoms with Crippen molar-refractivity contribution in [2.24, 2.45) is 0 Å². The molecule has 0 aromatic heterocycles. The van der Waals surface area contributed by atoms with Crippen LogP contribution in [0.4, 0.5) is 0 Å². The molecule has 0 fully saturated rings. The van der Waals surface area contributed by atoms with E-state index in [2.05, 4.69) is 23.2 Å². The SMILES string of the molecule is O.O.O.O.O.O.O.O.O.O.O.O.O.O.O.O.O.O.O.O.O.O.O.O.O.O.O.O.O.OC(Cl)Cl. The molecule has 0 heterocycles. The molecular weight excluding hydrogens is 563 g/mol. The van der Waals surface area contributed by atoms with Crippen LogP contribution in [0.2, 0.25) is 0 Å². The molecule has 0 saturated carbocycles. The van der Waals surface area contributed by atoms with Crippen molar-refractivity contribution in [3.63, 3.8) is 0 Å². The molecule has 258 valence electrons. The van der Waals surface area contributed by atoms with Gasteiger partial charge >= 0.3 is 0 Å². The molecule has 0 aromatic rings. The minimum Gasteiger partial charge on any atom is -0.412 e. The molecule has 0 bridgehead atoms. The Labute approximate surface area is 193 Å². The zero-order valence-corrected chi connectivity index (χ0v) is 17.8. The number of alkyl halides is 2. The van der Waals surface area contributed by atoms with Gasteiger partial charge in [0.1, 0.15) is 0 Å². The normalized spacial score (nSPS) is 1.09. The predicted molar refractivity (Wildman–Crippen MR) is 123 cm³/mol. The Balaban J connectivity index is -0.000000000111. The second kappa shape index (κ2) is 5110. The van der Waals surface area contributed by atoms with E-state index in [9.17, 15) is 0 Å². The first kappa shape index (κ1) is 5630. The maximum absolute atomic E-state index is 7.59. The molecule has 0 aliphatic heterocycles. The lowest BCUT2D eigenvalue weighted by Crippen LogP contribution is -1.73. The summed E-state index contributed by atoms with van der Waals surface area (Å²) in [5, 5.41) is 6.36. The van der Waals surface area contributed by atoms with E-state index >= 15 is 0 Å². The summed E-state index contributed by atoms with van der Waals surface area (Å²) >= 11 is 9.19. The fraction of sp³-hybridized carbons (Fsp3) is 1.00. The van der Waals surface area contributed by atoms with Gasteiger partial charge < -0.3 is 164 Å². The number of hydrogen-bond acceptors (Lipinski definition) is 1. The van der Waals surface area contributed by atoms with E-state index in [1.807, 2.05) is 0 Å². The molecule has 0 spiro atoms. The van der Waals surface area contributed by atoms with E-state index in [0.29, 0.717) is 0 Å². The van der Waals surface area contributed by atoms with Crippen LogP contribution in [-0.4, -0.2) is 169 Å². The Hall–Kier alpha value is -0.620. The first-order chi connectivity index (χ1) is 1.73. The molecule has 0 aliphatic rings. The lowest BCUT2D eigenvalue weighted by molar-refractivity contribution is 0.333. The third-order valence-corrected chi connectivity index (χ3v) is 0. The first-order valence-corrected chi connectivity index (χ1v) is 1.57. The van der Waals surface area contributed by atoms with Gasteiger partial charge in [0.15, 0.2) is 0 Å². The molecule has 0 aliphatic carbocycles. The molecule has 32 heteroatoms. The van der Waals surface area contributed by atoms with Crippen molar-refractivity contribution in [2.45, 2.75) is 5.02 Å². The molecule has 0 amide bonds. The third-order valence-electron chi connectivity index (χ3n) is 0. The van der Waals surface area contributed by atoms with Crippen molar-refractivity contribution in [1.29, 1.82) is 0 Å². The molecule has 0 rings (SSSR count). The van der Waals surface area contributed by atoms with Crippen LogP contribution in [0.5, 0.6) is 0 Å². The van der Waals surface area contributed by atoms with E-state index in [-0.39, 0.29) is 159 Å². The summed E-state index contributed by atoms with van der Waals surface area (Å²) in [6.45, 7) is 0. The van der Waals surface area contributed by atoms with Gasteiger partial charge in [0.25, 0.3) is 0 Å². The largest absolute Gasteiger partial charge is 0.412 e. The quantitative estimate of drug-likeness (QED) is 0.252. The van der Waals surface area contributed by atoms with Gasteiger partial charge in [0.2, 0.25) is 5.02 Å². The maximum Gasteiger partial charge on any atom is 0.204 e. The Morgan fingerprint density at radius 2 is 0.212 bits per heavy atom. The molecule has 30 nitrogen and oxygen atoms in total. The molecule has 0 aromatic carbocycles. The highest BCUT2D eigenvalue weighted by Gasteiger charge is 1.76. The van der Waals surface area contributed by atoms with Gasteiger partial charge in [-0.1, -0.05) is 23.2 Å². The van der Waals surface area contributed by atoms with Gasteiger partial charge in [0.05, 0.1) is 0 Å². The van der Waals surface area contributed by atoms with Crippen LogP contribution in [0.1, 0.15) is 0 Å². The van der Waals surface area contributed by atoms with Crippen LogP contribution in [0.25, 0.3) is 0 Å². The average Bonchev–Trinajstić information content (AvgIpc) is 0.811. The number of rotatable bonds is 0. The van der Waals surface area contributed by atoms with Crippen LogP contribution >= 0.6 is 23.2 Å². The van der Waals surface area contributed by atoms with E-state index in [4.69, 9.17) is 5.11 Å². The summed E-state index contributed by atoms with van der Waals surface area (Å²) in [4.78, 5) is 0. The van der Waals surface area contributed by atoms with Gasteiger partial charge in [-0.15, -0.1) is 0 Å². The van der Waals surface area contributed by atoms with Crippen molar-refractivity contribution in [2.75, 3.05) is 0 Å². The van der Waals surface area contributed by atoms with Crippen LogP contribution in [-0.2, 0) is 0 Å². The smallest absolute Gasteiger partial charge is 0.204 e. The summed E-state index contributed by atoms with van der Waals surface area (Å²) in [7, 11) is 0. The first-order valence-electron chi connectivity index (χ1n) is 0.695. The monoisotopic (exact) mass is 622 g/mol. The number of hydrogen-bond donors (Lipinski definition) is 1. The summed E-state index contributed by atoms with van der Waals surface area (Å²) in [5.41, 5.74) is 0. The van der Waals surface area contributed by atoms with Gasteiger partial charge in [0, 0.05) is 0 Å². The molecule has 0 saturated heterocycles. The highest BCUT2D eigenvalue weighted by Crippen LogP contribution is 1.90. The van der Waals surface area contributed by atoms with Crippen molar-refractivity contribution >= 4 is 23.2 Å². The minimum absolute atomic E-state index is 0. The van der Waals surface area contributed by atoms with E-state index < -0.39 is 5.02 Å². The highest BCUT2D eigenvalue weighted by molar-refractivity contribution is 6.42. The third kappa shape index (κ3) is 70500. The average molecular weight is 623 g/mol. The molecular formula is CH60Cl2O30. The van der Waals surface area contributed by atoms with Crippen LogP contribution in [0, 0.1) is 0 Å². The second-order valence-corrected chi connectivity index (χ2v) is 1.33. The topological polar surface area (TPSA) is 934 Å². The zero-order chi connectivity index (χ0) is 3.58. The number of aliphatic hydroxyl groups excluding tert-OH is 1. The van der Waals surface area contributed by atoms with Crippen molar-refractivity contribution < 1.29 is 164 Å². The fourth-order valence-electron chi connectivity index (χ4n) is 0. The fourth-order valence-corrected chi connectivity index (χ4v) is 0. The summed E-state index contributed by atoms with van der Waals surface area (Å²) in [5.74, 6) is 0. The standard InChI is InChI=1S/CH2Cl2O.29H2O/c2-1(3)4;;;;;;;;;;;;;;;;;;;;;;;;;;;;;/h1,4H;29*1H2. The zero-order valence-electron chi connectivity index (χ0n) is 16.3. The van der Waals surface area contributed by atoms with Crippen LogP contribution in [0.3, 0.4) is 0 Å². The molecule has 0 unspecified atom stereocenters.